The highest BCUT2D eigenvalue weighted by atomic mass is 16.5. The van der Waals surface area contributed by atoms with E-state index in [2.05, 4.69) is 0 Å². The average Bonchev–Trinajstić information content (AvgIpc) is 2.45. The van der Waals surface area contributed by atoms with Crippen LogP contribution >= 0.6 is 0 Å². The quantitative estimate of drug-likeness (QED) is 0.672. The summed E-state index contributed by atoms with van der Waals surface area (Å²) < 4.78 is 5.11. The van der Waals surface area contributed by atoms with E-state index in [1.807, 2.05) is 24.3 Å². The van der Waals surface area contributed by atoms with E-state index in [0.29, 0.717) is 5.56 Å². The molecule has 0 radical (unpaired) electrons. The van der Waals surface area contributed by atoms with E-state index in [0.717, 1.165) is 11.3 Å². The van der Waals surface area contributed by atoms with Gasteiger partial charge in [-0.3, -0.25) is 4.79 Å². The molecule has 0 aliphatic carbocycles. The Kier molecular flexibility index (Phi) is 3.98. The van der Waals surface area contributed by atoms with Gasteiger partial charge >= 0.3 is 0 Å². The SMILES string of the molecule is COc1cccc(/C=C/C(=O)c2ccccc2O)c1. The van der Waals surface area contributed by atoms with Gasteiger partial charge in [-0.05, 0) is 35.9 Å². The summed E-state index contributed by atoms with van der Waals surface area (Å²) in [6.45, 7) is 0. The third kappa shape index (κ3) is 3.22. The van der Waals surface area contributed by atoms with Gasteiger partial charge in [0.05, 0.1) is 12.7 Å². The number of ether oxygens (including phenoxy) is 1. The molecule has 19 heavy (non-hydrogen) atoms. The van der Waals surface area contributed by atoms with Gasteiger partial charge < -0.3 is 9.84 Å². The van der Waals surface area contributed by atoms with Gasteiger partial charge in [-0.2, -0.15) is 0 Å². The minimum absolute atomic E-state index is 0.0113. The largest absolute Gasteiger partial charge is 0.507 e. The molecule has 2 aromatic carbocycles. The number of phenols is 1. The van der Waals surface area contributed by atoms with Crippen molar-refractivity contribution in [3.63, 3.8) is 0 Å². The number of rotatable bonds is 4. The first-order valence-electron chi connectivity index (χ1n) is 5.85. The van der Waals surface area contributed by atoms with Gasteiger partial charge in [0.25, 0.3) is 0 Å². The molecule has 0 heterocycles. The van der Waals surface area contributed by atoms with Gasteiger partial charge in [-0.25, -0.2) is 0 Å². The number of phenolic OH excluding ortho intramolecular Hbond substituents is 1. The highest BCUT2D eigenvalue weighted by molar-refractivity contribution is 6.08. The Labute approximate surface area is 111 Å². The zero-order valence-corrected chi connectivity index (χ0v) is 10.5. The number of ketones is 1. The fourth-order valence-electron chi connectivity index (χ4n) is 1.69. The van der Waals surface area contributed by atoms with Gasteiger partial charge in [0, 0.05) is 0 Å². The monoisotopic (exact) mass is 254 g/mol. The molecule has 0 aliphatic rings. The minimum atomic E-state index is -0.235. The number of carbonyl (C=O) groups is 1. The summed E-state index contributed by atoms with van der Waals surface area (Å²) in [6, 6.07) is 13.9. The number of allylic oxidation sites excluding steroid dienone is 1. The van der Waals surface area contributed by atoms with Crippen molar-refractivity contribution in [3.05, 3.63) is 65.7 Å². The standard InChI is InChI=1S/C16H14O3/c1-19-13-6-4-5-12(11-13)9-10-16(18)14-7-2-3-8-15(14)17/h2-11,17H,1H3/b10-9+. The normalized spacial score (nSPS) is 10.6. The Balaban J connectivity index is 2.18. The average molecular weight is 254 g/mol. The van der Waals surface area contributed by atoms with Crippen LogP contribution in [-0.4, -0.2) is 18.0 Å². The second-order valence-corrected chi connectivity index (χ2v) is 3.99. The van der Waals surface area contributed by atoms with Crippen molar-refractivity contribution >= 4 is 11.9 Å². The van der Waals surface area contributed by atoms with Crippen LogP contribution in [0.1, 0.15) is 15.9 Å². The van der Waals surface area contributed by atoms with Crippen molar-refractivity contribution < 1.29 is 14.6 Å². The number of carbonyl (C=O) groups excluding carboxylic acids is 1. The third-order valence-electron chi connectivity index (χ3n) is 2.69. The number of aromatic hydroxyl groups is 1. The Hall–Kier alpha value is -2.55. The van der Waals surface area contributed by atoms with Crippen molar-refractivity contribution in [1.29, 1.82) is 0 Å². The fraction of sp³-hybridized carbons (Fsp3) is 0.0625. The molecule has 0 fully saturated rings. The molecule has 0 aromatic heterocycles. The minimum Gasteiger partial charge on any atom is -0.507 e. The van der Waals surface area contributed by atoms with E-state index in [9.17, 15) is 9.90 Å². The molecule has 2 aromatic rings. The lowest BCUT2D eigenvalue weighted by atomic mass is 10.1. The van der Waals surface area contributed by atoms with Gasteiger partial charge in [-0.1, -0.05) is 30.3 Å². The number of benzene rings is 2. The molecule has 3 nitrogen and oxygen atoms in total. The summed E-state index contributed by atoms with van der Waals surface area (Å²) in [5.74, 6) is 0.487. The van der Waals surface area contributed by atoms with Gasteiger partial charge in [0.15, 0.2) is 5.78 Å². The Morgan fingerprint density at radius 1 is 1.16 bits per heavy atom. The first-order valence-corrected chi connectivity index (χ1v) is 5.85. The maximum absolute atomic E-state index is 11.9. The highest BCUT2D eigenvalue weighted by Crippen LogP contribution is 2.18. The van der Waals surface area contributed by atoms with Crippen LogP contribution in [-0.2, 0) is 0 Å². The number of methoxy groups -OCH3 is 1. The molecule has 0 spiro atoms. The molecule has 0 aliphatic heterocycles. The topological polar surface area (TPSA) is 46.5 Å². The Morgan fingerprint density at radius 2 is 1.95 bits per heavy atom. The summed E-state index contributed by atoms with van der Waals surface area (Å²) >= 11 is 0. The molecule has 0 bridgehead atoms. The second-order valence-electron chi connectivity index (χ2n) is 3.99. The number of hydrogen-bond donors (Lipinski definition) is 1. The molecule has 96 valence electrons. The Bertz CT molecular complexity index is 615. The summed E-state index contributed by atoms with van der Waals surface area (Å²) in [5, 5.41) is 9.59. The summed E-state index contributed by atoms with van der Waals surface area (Å²) in [4.78, 5) is 11.9. The molecule has 0 atom stereocenters. The lowest BCUT2D eigenvalue weighted by Crippen LogP contribution is -1.94. The molecular formula is C16H14O3. The van der Waals surface area contributed by atoms with Crippen molar-refractivity contribution in [2.45, 2.75) is 0 Å². The van der Waals surface area contributed by atoms with Crippen molar-refractivity contribution in [3.8, 4) is 11.5 Å². The summed E-state index contributed by atoms with van der Waals surface area (Å²) in [7, 11) is 1.59. The van der Waals surface area contributed by atoms with Crippen LogP contribution in [0.5, 0.6) is 11.5 Å². The van der Waals surface area contributed by atoms with Crippen LogP contribution in [0.2, 0.25) is 0 Å². The van der Waals surface area contributed by atoms with Crippen LogP contribution in [0.4, 0.5) is 0 Å². The molecule has 0 saturated carbocycles. The zero-order chi connectivity index (χ0) is 13.7. The number of hydrogen-bond acceptors (Lipinski definition) is 3. The molecule has 1 N–H and O–H groups in total. The van der Waals surface area contributed by atoms with E-state index in [1.165, 1.54) is 12.1 Å². The lowest BCUT2D eigenvalue weighted by molar-refractivity contribution is 0.104. The van der Waals surface area contributed by atoms with Crippen LogP contribution in [0.3, 0.4) is 0 Å². The van der Waals surface area contributed by atoms with Crippen LogP contribution in [0.25, 0.3) is 6.08 Å². The maximum atomic E-state index is 11.9. The van der Waals surface area contributed by atoms with E-state index in [4.69, 9.17) is 4.74 Å². The second kappa shape index (κ2) is 5.87. The van der Waals surface area contributed by atoms with Crippen LogP contribution < -0.4 is 4.74 Å². The van der Waals surface area contributed by atoms with Gasteiger partial charge in [-0.15, -0.1) is 0 Å². The predicted molar refractivity (Wildman–Crippen MR) is 74.5 cm³/mol. The molecule has 2 rings (SSSR count). The molecule has 3 heteroatoms. The summed E-state index contributed by atoms with van der Waals surface area (Å²) in [5.41, 5.74) is 1.16. The van der Waals surface area contributed by atoms with E-state index < -0.39 is 0 Å². The molecule has 0 amide bonds. The van der Waals surface area contributed by atoms with E-state index in [-0.39, 0.29) is 11.5 Å². The zero-order valence-electron chi connectivity index (χ0n) is 10.5. The van der Waals surface area contributed by atoms with Gasteiger partial charge in [0.2, 0.25) is 0 Å². The summed E-state index contributed by atoms with van der Waals surface area (Å²) in [6.07, 6.45) is 3.13. The molecule has 0 unspecified atom stereocenters. The first-order chi connectivity index (χ1) is 9.20. The van der Waals surface area contributed by atoms with E-state index in [1.54, 1.807) is 31.4 Å². The van der Waals surface area contributed by atoms with Crippen LogP contribution in [0.15, 0.2) is 54.6 Å². The Morgan fingerprint density at radius 3 is 2.68 bits per heavy atom. The van der Waals surface area contributed by atoms with Crippen LogP contribution in [0, 0.1) is 0 Å². The first kappa shape index (κ1) is 12.9. The smallest absolute Gasteiger partial charge is 0.189 e. The lowest BCUT2D eigenvalue weighted by Gasteiger charge is -2.01. The predicted octanol–water partition coefficient (Wildman–Crippen LogP) is 3.30. The van der Waals surface area contributed by atoms with Gasteiger partial charge in [0.1, 0.15) is 11.5 Å². The fourth-order valence-corrected chi connectivity index (χ4v) is 1.69. The maximum Gasteiger partial charge on any atom is 0.189 e. The highest BCUT2D eigenvalue weighted by Gasteiger charge is 2.06. The third-order valence-corrected chi connectivity index (χ3v) is 2.69. The molecule has 0 saturated heterocycles. The van der Waals surface area contributed by atoms with E-state index >= 15 is 0 Å². The molecular weight excluding hydrogens is 240 g/mol. The van der Waals surface area contributed by atoms with Crippen molar-refractivity contribution in [2.75, 3.05) is 7.11 Å². The van der Waals surface area contributed by atoms with Crippen molar-refractivity contribution in [2.24, 2.45) is 0 Å². The van der Waals surface area contributed by atoms with Crippen molar-refractivity contribution in [1.82, 2.24) is 0 Å². The number of para-hydroxylation sites is 1.